The number of carbonyl (C=O) groups is 2. The first-order chi connectivity index (χ1) is 13.3. The Balaban J connectivity index is 1.80. The number of carbonyl (C=O) groups excluding carboxylic acids is 2. The van der Waals surface area contributed by atoms with Gasteiger partial charge in [0, 0.05) is 10.0 Å². The summed E-state index contributed by atoms with van der Waals surface area (Å²) >= 11 is 9.31. The third kappa shape index (κ3) is 7.40. The van der Waals surface area contributed by atoms with Crippen molar-refractivity contribution in [3.63, 3.8) is 0 Å². The summed E-state index contributed by atoms with van der Waals surface area (Å²) in [4.78, 5) is 24.1. The fourth-order valence-corrected chi connectivity index (χ4v) is 2.84. The van der Waals surface area contributed by atoms with Gasteiger partial charge in [-0.3, -0.25) is 20.4 Å². The third-order valence-electron chi connectivity index (χ3n) is 3.63. The molecule has 2 rings (SSSR count). The molecule has 0 heterocycles. The van der Waals surface area contributed by atoms with E-state index in [2.05, 4.69) is 40.6 Å². The summed E-state index contributed by atoms with van der Waals surface area (Å²) in [6.45, 7) is 4.52. The molecular weight excluding hydrogens is 448 g/mol. The summed E-state index contributed by atoms with van der Waals surface area (Å²) in [5, 5.41) is 0.375. The van der Waals surface area contributed by atoms with Gasteiger partial charge in [0.05, 0.1) is 11.6 Å². The van der Waals surface area contributed by atoms with E-state index in [-0.39, 0.29) is 6.61 Å². The highest BCUT2D eigenvalue weighted by Crippen LogP contribution is 2.27. The fraction of sp³-hybridized carbons (Fsp3) is 0.300. The van der Waals surface area contributed by atoms with Crippen molar-refractivity contribution >= 4 is 39.3 Å². The highest BCUT2D eigenvalue weighted by Gasteiger charge is 2.10. The molecule has 0 aliphatic heterocycles. The minimum Gasteiger partial charge on any atom is -0.494 e. The van der Waals surface area contributed by atoms with Gasteiger partial charge in [0.25, 0.3) is 11.8 Å². The second kappa shape index (κ2) is 10.9. The van der Waals surface area contributed by atoms with Crippen LogP contribution in [0.5, 0.6) is 11.5 Å². The van der Waals surface area contributed by atoms with E-state index in [9.17, 15) is 9.59 Å². The van der Waals surface area contributed by atoms with Crippen molar-refractivity contribution in [2.75, 3.05) is 13.2 Å². The van der Waals surface area contributed by atoms with Crippen LogP contribution in [0.2, 0.25) is 5.02 Å². The lowest BCUT2D eigenvalue weighted by atomic mass is 10.1. The fourth-order valence-electron chi connectivity index (χ4n) is 2.11. The summed E-state index contributed by atoms with van der Waals surface area (Å²) in [5.41, 5.74) is 5.02. The van der Waals surface area contributed by atoms with E-state index in [4.69, 9.17) is 21.1 Å². The van der Waals surface area contributed by atoms with Gasteiger partial charge in [0.15, 0.2) is 6.61 Å². The van der Waals surface area contributed by atoms with Crippen LogP contribution in [0.3, 0.4) is 0 Å². The average Bonchev–Trinajstić information content (AvgIpc) is 2.65. The minimum absolute atomic E-state index is 0.292. The first-order valence-corrected chi connectivity index (χ1v) is 9.92. The van der Waals surface area contributed by atoms with Crippen molar-refractivity contribution in [3.8, 4) is 11.5 Å². The van der Waals surface area contributed by atoms with Crippen LogP contribution in [0.15, 0.2) is 46.9 Å². The van der Waals surface area contributed by atoms with Crippen LogP contribution in [0.1, 0.15) is 30.6 Å². The van der Waals surface area contributed by atoms with Gasteiger partial charge < -0.3 is 9.47 Å². The summed E-state index contributed by atoms with van der Waals surface area (Å²) < 4.78 is 11.8. The SMILES string of the molecule is CC(C)CCOc1cccc(C(=O)NNC(=O)COc2ccc(Br)cc2Cl)c1. The van der Waals surface area contributed by atoms with Gasteiger partial charge in [0.2, 0.25) is 0 Å². The quantitative estimate of drug-likeness (QED) is 0.563. The molecule has 0 bridgehead atoms. The molecule has 8 heteroatoms. The van der Waals surface area contributed by atoms with Crippen LogP contribution < -0.4 is 20.3 Å². The average molecular weight is 470 g/mol. The molecule has 2 aromatic carbocycles. The molecule has 0 radical (unpaired) electrons. The lowest BCUT2D eigenvalue weighted by molar-refractivity contribution is -0.123. The van der Waals surface area contributed by atoms with Gasteiger partial charge in [-0.1, -0.05) is 47.4 Å². The van der Waals surface area contributed by atoms with Gasteiger partial charge >= 0.3 is 0 Å². The molecule has 0 aromatic heterocycles. The molecule has 2 N–H and O–H groups in total. The Morgan fingerprint density at radius 1 is 1.11 bits per heavy atom. The first kappa shape index (κ1) is 22.0. The summed E-state index contributed by atoms with van der Waals surface area (Å²) in [6.07, 6.45) is 0.925. The number of hydrogen-bond acceptors (Lipinski definition) is 4. The number of rotatable bonds is 8. The number of halogens is 2. The Hall–Kier alpha value is -2.25. The van der Waals surface area contributed by atoms with Crippen molar-refractivity contribution in [2.24, 2.45) is 5.92 Å². The molecule has 2 aromatic rings. The van der Waals surface area contributed by atoms with E-state index >= 15 is 0 Å². The summed E-state index contributed by atoms with van der Waals surface area (Å²) in [5.74, 6) is 0.544. The van der Waals surface area contributed by atoms with Crippen molar-refractivity contribution in [3.05, 3.63) is 57.5 Å². The van der Waals surface area contributed by atoms with Crippen molar-refractivity contribution < 1.29 is 19.1 Å². The number of benzene rings is 2. The third-order valence-corrected chi connectivity index (χ3v) is 4.42. The molecule has 2 amide bonds. The van der Waals surface area contributed by atoms with E-state index in [0.29, 0.717) is 34.6 Å². The zero-order valence-corrected chi connectivity index (χ0v) is 18.0. The van der Waals surface area contributed by atoms with Gasteiger partial charge in [-0.05, 0) is 48.7 Å². The molecule has 28 heavy (non-hydrogen) atoms. The largest absolute Gasteiger partial charge is 0.494 e. The first-order valence-electron chi connectivity index (χ1n) is 8.75. The summed E-state index contributed by atoms with van der Waals surface area (Å²) in [6, 6.07) is 11.8. The standard InChI is InChI=1S/C20H22BrClN2O4/c1-13(2)8-9-27-16-5-3-4-14(10-16)20(26)24-23-19(25)12-28-18-7-6-15(21)11-17(18)22/h3-7,10-11,13H,8-9,12H2,1-2H3,(H,23,25)(H,24,26). The Kier molecular flexibility index (Phi) is 8.60. The van der Waals surface area contributed by atoms with E-state index in [1.165, 1.54) is 0 Å². The van der Waals surface area contributed by atoms with Crippen LogP contribution in [0.25, 0.3) is 0 Å². The zero-order valence-electron chi connectivity index (χ0n) is 15.6. The van der Waals surface area contributed by atoms with Crippen molar-refractivity contribution in [1.82, 2.24) is 10.9 Å². The summed E-state index contributed by atoms with van der Waals surface area (Å²) in [7, 11) is 0. The molecule has 0 saturated carbocycles. The smallest absolute Gasteiger partial charge is 0.276 e. The van der Waals surface area contributed by atoms with E-state index < -0.39 is 11.8 Å². The lowest BCUT2D eigenvalue weighted by Gasteiger charge is -2.11. The molecule has 0 atom stereocenters. The van der Waals surface area contributed by atoms with Crippen LogP contribution in [-0.2, 0) is 4.79 Å². The number of amides is 2. The normalized spacial score (nSPS) is 10.5. The molecular formula is C20H22BrClN2O4. The molecule has 0 fully saturated rings. The highest BCUT2D eigenvalue weighted by molar-refractivity contribution is 9.10. The predicted molar refractivity (Wildman–Crippen MR) is 112 cm³/mol. The van der Waals surface area contributed by atoms with Gasteiger partial charge in [-0.25, -0.2) is 0 Å². The molecule has 0 saturated heterocycles. The zero-order chi connectivity index (χ0) is 20.5. The van der Waals surface area contributed by atoms with Crippen LogP contribution in [0, 0.1) is 5.92 Å². The maximum atomic E-state index is 12.2. The Morgan fingerprint density at radius 2 is 1.89 bits per heavy atom. The Morgan fingerprint density at radius 3 is 2.61 bits per heavy atom. The second-order valence-corrected chi connectivity index (χ2v) is 7.75. The van der Waals surface area contributed by atoms with E-state index in [0.717, 1.165) is 10.9 Å². The number of ether oxygens (including phenoxy) is 2. The van der Waals surface area contributed by atoms with Crippen molar-refractivity contribution in [1.29, 1.82) is 0 Å². The lowest BCUT2D eigenvalue weighted by Crippen LogP contribution is -2.43. The molecule has 150 valence electrons. The van der Waals surface area contributed by atoms with Crippen LogP contribution >= 0.6 is 27.5 Å². The Bertz CT molecular complexity index is 830. The van der Waals surface area contributed by atoms with Gasteiger partial charge in [0.1, 0.15) is 11.5 Å². The van der Waals surface area contributed by atoms with Gasteiger partial charge in [-0.15, -0.1) is 0 Å². The predicted octanol–water partition coefficient (Wildman–Crippen LogP) is 4.37. The molecule has 0 spiro atoms. The number of nitrogens with one attached hydrogen (secondary N) is 2. The monoisotopic (exact) mass is 468 g/mol. The van der Waals surface area contributed by atoms with Crippen LogP contribution in [0.4, 0.5) is 0 Å². The van der Waals surface area contributed by atoms with E-state index in [1.807, 2.05) is 0 Å². The molecule has 6 nitrogen and oxygen atoms in total. The molecule has 0 aliphatic rings. The topological polar surface area (TPSA) is 76.7 Å². The maximum Gasteiger partial charge on any atom is 0.276 e. The number of hydrogen-bond donors (Lipinski definition) is 2. The van der Waals surface area contributed by atoms with Crippen LogP contribution in [-0.4, -0.2) is 25.0 Å². The van der Waals surface area contributed by atoms with E-state index in [1.54, 1.807) is 42.5 Å². The van der Waals surface area contributed by atoms with Gasteiger partial charge in [-0.2, -0.15) is 0 Å². The minimum atomic E-state index is -0.517. The second-order valence-electron chi connectivity index (χ2n) is 6.42. The highest BCUT2D eigenvalue weighted by atomic mass is 79.9. The maximum absolute atomic E-state index is 12.2. The van der Waals surface area contributed by atoms with Crippen molar-refractivity contribution in [2.45, 2.75) is 20.3 Å². The number of hydrazine groups is 1. The molecule has 0 aliphatic carbocycles. The Labute approximate surface area is 177 Å². The molecule has 0 unspecified atom stereocenters.